The van der Waals surface area contributed by atoms with Gasteiger partial charge in [0.2, 0.25) is 0 Å². The Bertz CT molecular complexity index is 1290. The maximum absolute atomic E-state index is 12.7. The summed E-state index contributed by atoms with van der Waals surface area (Å²) in [5.41, 5.74) is 3.38. The van der Waals surface area contributed by atoms with E-state index in [1.165, 1.54) is 20.2 Å². The van der Waals surface area contributed by atoms with Crippen LogP contribution in [0.15, 0.2) is 52.4 Å². The molecule has 0 aliphatic rings. The Morgan fingerprint density at radius 1 is 1.31 bits per heavy atom. The number of aromatic hydroxyl groups is 1. The topological polar surface area (TPSA) is 130 Å². The van der Waals surface area contributed by atoms with Crippen LogP contribution in [-0.4, -0.2) is 34.1 Å². The minimum absolute atomic E-state index is 0.118. The van der Waals surface area contributed by atoms with E-state index in [1.54, 1.807) is 30.3 Å². The number of phenolic OH excluding ortho intramolecular Hbond substituents is 1. The van der Waals surface area contributed by atoms with Crippen molar-refractivity contribution >= 4 is 12.1 Å². The SMILES string of the molecule is CCc1ccc(-n2nc(C(=O)N/N=C/c3cccc(OC)c3O)c(C)c(C#N)c2=O)cc1. The lowest BCUT2D eigenvalue weighted by atomic mass is 10.1. The Morgan fingerprint density at radius 3 is 2.66 bits per heavy atom. The lowest BCUT2D eigenvalue weighted by Gasteiger charge is -2.11. The predicted molar refractivity (Wildman–Crippen MR) is 118 cm³/mol. The van der Waals surface area contributed by atoms with Crippen molar-refractivity contribution in [3.05, 3.63) is 80.8 Å². The van der Waals surface area contributed by atoms with Crippen LogP contribution in [0.4, 0.5) is 0 Å². The summed E-state index contributed by atoms with van der Waals surface area (Å²) in [6, 6.07) is 13.8. The van der Waals surface area contributed by atoms with Crippen LogP contribution in [0, 0.1) is 18.3 Å². The van der Waals surface area contributed by atoms with E-state index in [0.29, 0.717) is 11.3 Å². The molecule has 2 N–H and O–H groups in total. The van der Waals surface area contributed by atoms with E-state index in [1.807, 2.05) is 25.1 Å². The molecule has 0 atom stereocenters. The van der Waals surface area contributed by atoms with Crippen molar-refractivity contribution in [2.24, 2.45) is 5.10 Å². The van der Waals surface area contributed by atoms with Crippen molar-refractivity contribution in [1.29, 1.82) is 5.26 Å². The van der Waals surface area contributed by atoms with Crippen molar-refractivity contribution in [1.82, 2.24) is 15.2 Å². The minimum atomic E-state index is -0.712. The standard InChI is InChI=1S/C23H21N5O4/c1-4-15-8-10-17(11-9-15)28-23(31)18(12-24)14(2)20(27-28)22(30)26-25-13-16-6-5-7-19(32-3)21(16)29/h5-11,13,29H,4H2,1-3H3,(H,26,30)/b25-13+. The first-order valence-corrected chi connectivity index (χ1v) is 9.74. The molecule has 9 heteroatoms. The molecule has 0 bridgehead atoms. The van der Waals surface area contributed by atoms with Gasteiger partial charge in [0.05, 0.1) is 19.0 Å². The van der Waals surface area contributed by atoms with Gasteiger partial charge in [0.1, 0.15) is 11.6 Å². The first kappa shape index (κ1) is 22.2. The van der Waals surface area contributed by atoms with Gasteiger partial charge in [-0.25, -0.2) is 5.43 Å². The number of hydrazone groups is 1. The zero-order valence-corrected chi connectivity index (χ0v) is 17.8. The molecule has 1 heterocycles. The lowest BCUT2D eigenvalue weighted by Crippen LogP contribution is -2.31. The van der Waals surface area contributed by atoms with Gasteiger partial charge in [0.15, 0.2) is 17.2 Å². The molecule has 2 aromatic carbocycles. The van der Waals surface area contributed by atoms with Gasteiger partial charge in [-0.05, 0) is 43.2 Å². The number of phenols is 1. The molecule has 0 spiro atoms. The fraction of sp³-hybridized carbons (Fsp3) is 0.174. The number of rotatable bonds is 6. The zero-order valence-electron chi connectivity index (χ0n) is 17.8. The number of methoxy groups -OCH3 is 1. The lowest BCUT2D eigenvalue weighted by molar-refractivity contribution is 0.0947. The van der Waals surface area contributed by atoms with Crippen LogP contribution in [-0.2, 0) is 6.42 Å². The third kappa shape index (κ3) is 4.34. The smallest absolute Gasteiger partial charge is 0.292 e. The van der Waals surface area contributed by atoms with Crippen LogP contribution in [0.3, 0.4) is 0 Å². The minimum Gasteiger partial charge on any atom is -0.504 e. The number of benzene rings is 2. The Kier molecular flexibility index (Phi) is 6.65. The van der Waals surface area contributed by atoms with E-state index in [-0.39, 0.29) is 28.3 Å². The van der Waals surface area contributed by atoms with Crippen molar-refractivity contribution < 1.29 is 14.6 Å². The van der Waals surface area contributed by atoms with Crippen molar-refractivity contribution in [2.75, 3.05) is 7.11 Å². The van der Waals surface area contributed by atoms with Crippen LogP contribution < -0.4 is 15.7 Å². The fourth-order valence-corrected chi connectivity index (χ4v) is 3.02. The third-order valence-electron chi connectivity index (χ3n) is 4.87. The molecular formula is C23H21N5O4. The van der Waals surface area contributed by atoms with E-state index in [9.17, 15) is 20.0 Å². The van der Waals surface area contributed by atoms with Crippen molar-refractivity contribution in [3.8, 4) is 23.3 Å². The Hall–Kier alpha value is -4.45. The molecular weight excluding hydrogens is 410 g/mol. The number of amides is 1. The van der Waals surface area contributed by atoms with Gasteiger partial charge in [-0.2, -0.15) is 20.1 Å². The maximum Gasteiger partial charge on any atom is 0.292 e. The molecule has 0 fully saturated rings. The second kappa shape index (κ2) is 9.57. The molecule has 32 heavy (non-hydrogen) atoms. The summed E-state index contributed by atoms with van der Waals surface area (Å²) in [6.45, 7) is 3.48. The average Bonchev–Trinajstić information content (AvgIpc) is 2.80. The number of ether oxygens (including phenoxy) is 1. The summed E-state index contributed by atoms with van der Waals surface area (Å²) in [7, 11) is 1.42. The number of aryl methyl sites for hydroxylation is 1. The van der Waals surface area contributed by atoms with Gasteiger partial charge in [0.25, 0.3) is 11.5 Å². The van der Waals surface area contributed by atoms with Crippen LogP contribution in [0.1, 0.15) is 39.7 Å². The summed E-state index contributed by atoms with van der Waals surface area (Å²) in [6.07, 6.45) is 2.07. The quantitative estimate of drug-likeness (QED) is 0.455. The number of nitrogens with zero attached hydrogens (tertiary/aromatic N) is 4. The Morgan fingerprint density at radius 2 is 2.03 bits per heavy atom. The summed E-state index contributed by atoms with van der Waals surface area (Å²) in [5.74, 6) is -0.577. The molecule has 9 nitrogen and oxygen atoms in total. The van der Waals surface area contributed by atoms with Crippen LogP contribution in [0.25, 0.3) is 5.69 Å². The Balaban J connectivity index is 1.95. The summed E-state index contributed by atoms with van der Waals surface area (Å²) in [5, 5.41) is 27.6. The number of hydrogen-bond acceptors (Lipinski definition) is 7. The third-order valence-corrected chi connectivity index (χ3v) is 4.87. The summed E-state index contributed by atoms with van der Waals surface area (Å²) >= 11 is 0. The van der Waals surface area contributed by atoms with E-state index >= 15 is 0 Å². The van der Waals surface area contributed by atoms with Gasteiger partial charge in [0, 0.05) is 11.1 Å². The first-order valence-electron chi connectivity index (χ1n) is 9.74. The van der Waals surface area contributed by atoms with Crippen LogP contribution >= 0.6 is 0 Å². The number of aromatic nitrogens is 2. The van der Waals surface area contributed by atoms with E-state index < -0.39 is 11.5 Å². The number of nitrogens with one attached hydrogen (secondary N) is 1. The number of carbonyl (C=O) groups is 1. The molecule has 0 saturated carbocycles. The average molecular weight is 431 g/mol. The largest absolute Gasteiger partial charge is 0.504 e. The molecule has 0 unspecified atom stereocenters. The molecule has 1 amide bonds. The maximum atomic E-state index is 12.7. The van der Waals surface area contributed by atoms with Crippen LogP contribution in [0.2, 0.25) is 0 Å². The second-order valence-electron chi connectivity index (χ2n) is 6.79. The molecule has 0 aliphatic carbocycles. The highest BCUT2D eigenvalue weighted by atomic mass is 16.5. The molecule has 3 rings (SSSR count). The van der Waals surface area contributed by atoms with E-state index in [4.69, 9.17) is 4.74 Å². The van der Waals surface area contributed by atoms with Gasteiger partial charge in [-0.15, -0.1) is 0 Å². The first-order chi connectivity index (χ1) is 15.4. The highest BCUT2D eigenvalue weighted by molar-refractivity contribution is 5.95. The monoisotopic (exact) mass is 431 g/mol. The van der Waals surface area contributed by atoms with Crippen molar-refractivity contribution in [2.45, 2.75) is 20.3 Å². The summed E-state index contributed by atoms with van der Waals surface area (Å²) in [4.78, 5) is 25.5. The number of hydrogen-bond donors (Lipinski definition) is 2. The highest BCUT2D eigenvalue weighted by Gasteiger charge is 2.20. The van der Waals surface area contributed by atoms with E-state index in [2.05, 4.69) is 15.6 Å². The van der Waals surface area contributed by atoms with Gasteiger partial charge >= 0.3 is 0 Å². The zero-order chi connectivity index (χ0) is 23.3. The fourth-order valence-electron chi connectivity index (χ4n) is 3.02. The number of nitriles is 1. The van der Waals surface area contributed by atoms with Gasteiger partial charge in [-0.1, -0.05) is 25.1 Å². The van der Waals surface area contributed by atoms with Crippen molar-refractivity contribution in [3.63, 3.8) is 0 Å². The highest BCUT2D eigenvalue weighted by Crippen LogP contribution is 2.27. The Labute approximate surface area is 184 Å². The van der Waals surface area contributed by atoms with Gasteiger partial charge in [-0.3, -0.25) is 9.59 Å². The summed E-state index contributed by atoms with van der Waals surface area (Å²) < 4.78 is 6.06. The number of para-hydroxylation sites is 1. The molecule has 1 aromatic heterocycles. The number of carbonyl (C=O) groups excluding carboxylic acids is 1. The van der Waals surface area contributed by atoms with Crippen LogP contribution in [0.5, 0.6) is 11.5 Å². The molecule has 0 saturated heterocycles. The normalized spacial score (nSPS) is 10.7. The van der Waals surface area contributed by atoms with E-state index in [0.717, 1.165) is 16.7 Å². The molecule has 162 valence electrons. The molecule has 0 radical (unpaired) electrons. The second-order valence-corrected chi connectivity index (χ2v) is 6.79. The van der Waals surface area contributed by atoms with Gasteiger partial charge < -0.3 is 9.84 Å². The molecule has 0 aliphatic heterocycles. The molecule has 3 aromatic rings. The predicted octanol–water partition coefficient (Wildman–Crippen LogP) is 2.45.